The molecule has 0 aliphatic carbocycles. The molecule has 14 heavy (non-hydrogen) atoms. The van der Waals surface area contributed by atoms with Crippen LogP contribution in [0.3, 0.4) is 0 Å². The maximum absolute atomic E-state index is 10.7. The summed E-state index contributed by atoms with van der Waals surface area (Å²) in [6.45, 7) is 10.7. The molecular weight excluding hydrogens is 194 g/mol. The number of hydrogen-bond acceptors (Lipinski definition) is 3. The first kappa shape index (κ1) is 12.9. The quantitative estimate of drug-likeness (QED) is 0.223. The third-order valence-electron chi connectivity index (χ3n) is 1.70. The van der Waals surface area contributed by atoms with E-state index in [1.165, 1.54) is 6.07 Å². The van der Waals surface area contributed by atoms with Gasteiger partial charge in [-0.1, -0.05) is 32.3 Å². The summed E-state index contributed by atoms with van der Waals surface area (Å²) in [5.74, 6) is -0.721. The first-order valence-electron chi connectivity index (χ1n) is 4.63. The minimum atomic E-state index is -1.02. The molecule has 0 heterocycles. The Hall–Kier alpha value is -1.08. The van der Waals surface area contributed by atoms with Gasteiger partial charge in [-0.3, -0.25) is 4.79 Å². The average Bonchev–Trinajstić information content (AvgIpc) is 2.09. The number of Topliss-reactive ketones (excluding diaryl/α,β-unsaturated/α-hetero) is 1. The molecule has 0 saturated carbocycles. The monoisotopic (exact) mass is 211 g/mol. The fourth-order valence-electron chi connectivity index (χ4n) is 0.926. The zero-order chi connectivity index (χ0) is 11.2. The van der Waals surface area contributed by atoms with E-state index in [1.54, 1.807) is 0 Å². The smallest absolute Gasteiger partial charge is 0.295 e. The van der Waals surface area contributed by atoms with Crippen molar-refractivity contribution in [2.24, 2.45) is 0 Å². The molecule has 4 heteroatoms. The summed E-state index contributed by atoms with van der Waals surface area (Å²) >= 11 is 0. The Morgan fingerprint density at radius 2 is 2.07 bits per heavy atom. The van der Waals surface area contributed by atoms with Gasteiger partial charge in [0, 0.05) is 8.07 Å². The number of nitriles is 1. The summed E-state index contributed by atoms with van der Waals surface area (Å²) in [7, 11) is -1.02. The summed E-state index contributed by atoms with van der Waals surface area (Å²) in [4.78, 5) is 10.7. The summed E-state index contributed by atoms with van der Waals surface area (Å²) in [6.07, 6.45) is 0.924. The normalized spacial score (nSPS) is 10.4. The van der Waals surface area contributed by atoms with Gasteiger partial charge in [-0.05, 0) is 6.42 Å². The van der Waals surface area contributed by atoms with Gasteiger partial charge in [0.2, 0.25) is 0 Å². The lowest BCUT2D eigenvalue weighted by molar-refractivity contribution is -0.113. The van der Waals surface area contributed by atoms with Gasteiger partial charge in [-0.2, -0.15) is 5.26 Å². The van der Waals surface area contributed by atoms with E-state index in [0.717, 1.165) is 12.5 Å². The van der Waals surface area contributed by atoms with Crippen LogP contribution >= 0.6 is 0 Å². The van der Waals surface area contributed by atoms with Crippen molar-refractivity contribution in [1.82, 2.24) is 0 Å². The number of ether oxygens (including phenoxy) is 1. The first-order valence-corrected chi connectivity index (χ1v) is 8.33. The largest absolute Gasteiger partial charge is 0.489 e. The lowest BCUT2D eigenvalue weighted by Gasteiger charge is -2.15. The lowest BCUT2D eigenvalue weighted by atomic mass is 10.4. The summed E-state index contributed by atoms with van der Waals surface area (Å²) < 4.78 is 5.05. The first-order chi connectivity index (χ1) is 6.37. The van der Waals surface area contributed by atoms with E-state index in [1.807, 2.05) is 0 Å². The van der Waals surface area contributed by atoms with Gasteiger partial charge >= 0.3 is 0 Å². The van der Waals surface area contributed by atoms with Crippen LogP contribution in [-0.2, 0) is 9.53 Å². The van der Waals surface area contributed by atoms with E-state index in [2.05, 4.69) is 26.2 Å². The molecule has 0 spiro atoms. The summed E-state index contributed by atoms with van der Waals surface area (Å²) in [5, 5.41) is 8.26. The van der Waals surface area contributed by atoms with E-state index in [4.69, 9.17) is 10.00 Å². The predicted molar refractivity (Wildman–Crippen MR) is 58.5 cm³/mol. The highest BCUT2D eigenvalue weighted by molar-refractivity contribution is 6.76. The molecule has 0 rings (SSSR count). The molecular formula is C10H17NO2Si. The molecule has 0 unspecified atom stereocenters. The van der Waals surface area contributed by atoms with Crippen molar-refractivity contribution >= 4 is 13.9 Å². The van der Waals surface area contributed by atoms with E-state index >= 15 is 0 Å². The van der Waals surface area contributed by atoms with E-state index < -0.39 is 13.9 Å². The molecule has 0 aliphatic heterocycles. The SMILES string of the molecule is C=C(OCCC[Si](C)(C)C)C(=O)C#N. The number of hydrogen-bond donors (Lipinski definition) is 0. The van der Waals surface area contributed by atoms with Crippen LogP contribution in [0.1, 0.15) is 6.42 Å². The Balaban J connectivity index is 3.62. The molecule has 0 saturated heterocycles. The molecule has 0 fully saturated rings. The Kier molecular flexibility index (Phi) is 5.17. The third-order valence-corrected chi connectivity index (χ3v) is 3.56. The van der Waals surface area contributed by atoms with Crippen molar-refractivity contribution in [3.05, 3.63) is 12.3 Å². The number of carbonyl (C=O) groups excluding carboxylic acids is 1. The van der Waals surface area contributed by atoms with E-state index in [-0.39, 0.29) is 5.76 Å². The lowest BCUT2D eigenvalue weighted by Crippen LogP contribution is -2.19. The fourth-order valence-corrected chi connectivity index (χ4v) is 2.13. The Bertz CT molecular complexity index is 260. The van der Waals surface area contributed by atoms with Crippen LogP contribution in [0.25, 0.3) is 0 Å². The molecule has 0 bridgehead atoms. The number of allylic oxidation sites excluding steroid dienone is 1. The maximum Gasteiger partial charge on any atom is 0.295 e. The van der Waals surface area contributed by atoms with Gasteiger partial charge in [0.15, 0.2) is 5.76 Å². The van der Waals surface area contributed by atoms with Gasteiger partial charge in [-0.15, -0.1) is 0 Å². The Morgan fingerprint density at radius 3 is 2.50 bits per heavy atom. The Morgan fingerprint density at radius 1 is 1.50 bits per heavy atom. The van der Waals surface area contributed by atoms with Gasteiger partial charge in [0.25, 0.3) is 5.78 Å². The fraction of sp³-hybridized carbons (Fsp3) is 0.600. The van der Waals surface area contributed by atoms with Gasteiger partial charge in [-0.25, -0.2) is 0 Å². The van der Waals surface area contributed by atoms with E-state index in [9.17, 15) is 4.79 Å². The van der Waals surface area contributed by atoms with Crippen LogP contribution in [-0.4, -0.2) is 20.5 Å². The second-order valence-electron chi connectivity index (χ2n) is 4.38. The Labute approximate surface area is 86.4 Å². The van der Waals surface area contributed by atoms with Crippen molar-refractivity contribution in [1.29, 1.82) is 5.26 Å². The predicted octanol–water partition coefficient (Wildman–Crippen LogP) is 2.34. The summed E-state index contributed by atoms with van der Waals surface area (Å²) in [6, 6.07) is 2.62. The van der Waals surface area contributed by atoms with E-state index in [0.29, 0.717) is 6.61 Å². The van der Waals surface area contributed by atoms with Crippen LogP contribution in [0.5, 0.6) is 0 Å². The van der Waals surface area contributed by atoms with Crippen molar-refractivity contribution in [3.63, 3.8) is 0 Å². The topological polar surface area (TPSA) is 50.1 Å². The molecule has 78 valence electrons. The highest BCUT2D eigenvalue weighted by Crippen LogP contribution is 2.11. The molecule has 0 atom stereocenters. The molecule has 0 aromatic heterocycles. The van der Waals surface area contributed by atoms with Crippen LogP contribution in [0, 0.1) is 11.3 Å². The zero-order valence-corrected chi connectivity index (χ0v) is 10.1. The van der Waals surface area contributed by atoms with Crippen LogP contribution in [0.4, 0.5) is 0 Å². The van der Waals surface area contributed by atoms with Crippen LogP contribution in [0.2, 0.25) is 25.7 Å². The van der Waals surface area contributed by atoms with Gasteiger partial charge in [0.1, 0.15) is 6.07 Å². The van der Waals surface area contributed by atoms with Crippen LogP contribution in [0.15, 0.2) is 12.3 Å². The highest BCUT2D eigenvalue weighted by Gasteiger charge is 2.12. The van der Waals surface area contributed by atoms with Gasteiger partial charge in [0.05, 0.1) is 6.61 Å². The van der Waals surface area contributed by atoms with Gasteiger partial charge < -0.3 is 4.74 Å². The minimum Gasteiger partial charge on any atom is -0.489 e. The average molecular weight is 211 g/mol. The molecule has 0 N–H and O–H groups in total. The van der Waals surface area contributed by atoms with Crippen molar-refractivity contribution in [3.8, 4) is 6.07 Å². The number of nitrogens with zero attached hydrogens (tertiary/aromatic N) is 1. The second-order valence-corrected chi connectivity index (χ2v) is 10.00. The number of rotatable bonds is 6. The van der Waals surface area contributed by atoms with Crippen molar-refractivity contribution < 1.29 is 9.53 Å². The van der Waals surface area contributed by atoms with Crippen molar-refractivity contribution in [2.75, 3.05) is 6.61 Å². The molecule has 0 aromatic rings. The van der Waals surface area contributed by atoms with Crippen molar-refractivity contribution in [2.45, 2.75) is 32.1 Å². The van der Waals surface area contributed by atoms with Crippen LogP contribution < -0.4 is 0 Å². The molecule has 3 nitrogen and oxygen atoms in total. The minimum absolute atomic E-state index is 0.0388. The highest BCUT2D eigenvalue weighted by atomic mass is 28.3. The molecule has 0 radical (unpaired) electrons. The summed E-state index contributed by atoms with van der Waals surface area (Å²) in [5.41, 5.74) is 0. The molecule has 0 amide bonds. The zero-order valence-electron chi connectivity index (χ0n) is 9.09. The third kappa shape index (κ3) is 6.43. The number of carbonyl (C=O) groups is 1. The second kappa shape index (κ2) is 5.61. The molecule has 0 aromatic carbocycles. The molecule has 0 aliphatic rings. The maximum atomic E-state index is 10.7. The number of ketones is 1. The standard InChI is InChI=1S/C10H17NO2Si/c1-9(10(12)8-11)13-6-5-7-14(2,3)4/h1,5-7H2,2-4H3.